The molecule has 0 aromatic heterocycles. The maximum Gasteiger partial charge on any atom is 0.251 e. The lowest BCUT2D eigenvalue weighted by Crippen LogP contribution is -2.52. The fourth-order valence-corrected chi connectivity index (χ4v) is 5.69. The van der Waals surface area contributed by atoms with E-state index in [4.69, 9.17) is 9.47 Å². The smallest absolute Gasteiger partial charge is 0.251 e. The van der Waals surface area contributed by atoms with E-state index in [1.54, 1.807) is 19.2 Å². The molecule has 3 atom stereocenters. The normalized spacial score (nSPS) is 20.7. The third-order valence-electron chi connectivity index (χ3n) is 8.34. The first-order valence-corrected chi connectivity index (χ1v) is 14.7. The number of amides is 2. The summed E-state index contributed by atoms with van der Waals surface area (Å²) in [5, 5.41) is 6.58. The van der Waals surface area contributed by atoms with Gasteiger partial charge in [0.2, 0.25) is 5.91 Å². The van der Waals surface area contributed by atoms with Crippen molar-refractivity contribution in [2.24, 2.45) is 0 Å². The van der Waals surface area contributed by atoms with Crippen molar-refractivity contribution in [2.75, 3.05) is 40.0 Å². The highest BCUT2D eigenvalue weighted by Gasteiger charge is 2.50. The zero-order valence-electron chi connectivity index (χ0n) is 24.1. The van der Waals surface area contributed by atoms with Crippen molar-refractivity contribution < 1.29 is 19.1 Å². The van der Waals surface area contributed by atoms with E-state index >= 15 is 0 Å². The van der Waals surface area contributed by atoms with Crippen LogP contribution >= 0.6 is 0 Å². The van der Waals surface area contributed by atoms with Crippen molar-refractivity contribution >= 4 is 11.8 Å². The number of nitrogens with zero attached hydrogens (tertiary/aromatic N) is 1. The Morgan fingerprint density at radius 2 is 1.61 bits per heavy atom. The molecule has 7 nitrogen and oxygen atoms in total. The number of benzene rings is 3. The van der Waals surface area contributed by atoms with E-state index in [0.717, 1.165) is 55.6 Å². The third-order valence-corrected chi connectivity index (χ3v) is 8.34. The van der Waals surface area contributed by atoms with Gasteiger partial charge < -0.3 is 25.0 Å². The molecule has 0 spiro atoms. The van der Waals surface area contributed by atoms with Crippen molar-refractivity contribution in [1.82, 2.24) is 15.5 Å². The van der Waals surface area contributed by atoms with Gasteiger partial charge in [-0.05, 0) is 73.6 Å². The molecule has 3 aromatic carbocycles. The van der Waals surface area contributed by atoms with Crippen LogP contribution in [0.15, 0.2) is 78.9 Å². The van der Waals surface area contributed by atoms with Crippen LogP contribution < -0.4 is 15.4 Å². The van der Waals surface area contributed by atoms with Crippen LogP contribution in [-0.2, 0) is 9.53 Å². The summed E-state index contributed by atoms with van der Waals surface area (Å²) < 4.78 is 11.2. The lowest BCUT2D eigenvalue weighted by Gasteiger charge is -2.30. The van der Waals surface area contributed by atoms with Gasteiger partial charge in [0.05, 0.1) is 20.3 Å². The summed E-state index contributed by atoms with van der Waals surface area (Å²) in [4.78, 5) is 28.4. The van der Waals surface area contributed by atoms with E-state index in [1.807, 2.05) is 59.5 Å². The largest absolute Gasteiger partial charge is 0.497 e. The number of methoxy groups -OCH3 is 1. The molecular weight excluding hydrogens is 514 g/mol. The van der Waals surface area contributed by atoms with Gasteiger partial charge in [0, 0.05) is 36.7 Å². The molecule has 0 radical (unpaired) electrons. The molecule has 5 rings (SSSR count). The molecule has 2 fully saturated rings. The molecule has 1 unspecified atom stereocenters. The second-order valence-corrected chi connectivity index (χ2v) is 11.3. The monoisotopic (exact) mass is 555 g/mol. The van der Waals surface area contributed by atoms with Gasteiger partial charge >= 0.3 is 0 Å². The Balaban J connectivity index is 1.14. The highest BCUT2D eigenvalue weighted by Crippen LogP contribution is 2.51. The number of nitrogens with one attached hydrogen (secondary N) is 2. The lowest BCUT2D eigenvalue weighted by molar-refractivity contribution is -0.135. The minimum Gasteiger partial charge on any atom is -0.497 e. The fraction of sp³-hybridized carbons (Fsp3) is 0.412. The maximum atomic E-state index is 13.4. The molecule has 1 aliphatic carbocycles. The van der Waals surface area contributed by atoms with Crippen LogP contribution in [0.25, 0.3) is 11.1 Å². The first-order valence-electron chi connectivity index (χ1n) is 14.7. The van der Waals surface area contributed by atoms with Crippen LogP contribution in [0.3, 0.4) is 0 Å². The summed E-state index contributed by atoms with van der Waals surface area (Å²) in [7, 11) is 1.68. The Morgan fingerprint density at radius 3 is 2.29 bits per heavy atom. The lowest BCUT2D eigenvalue weighted by atomic mass is 10.0. The van der Waals surface area contributed by atoms with E-state index in [0.29, 0.717) is 24.6 Å². The molecule has 1 aliphatic heterocycles. The van der Waals surface area contributed by atoms with Gasteiger partial charge in [-0.1, -0.05) is 54.6 Å². The van der Waals surface area contributed by atoms with Crippen LogP contribution in [0, 0.1) is 0 Å². The number of likely N-dealkylation sites (tertiary alicyclic amines) is 1. The molecule has 2 N–H and O–H groups in total. The zero-order chi connectivity index (χ0) is 28.7. The number of piperidine rings is 1. The molecule has 0 bridgehead atoms. The van der Waals surface area contributed by atoms with E-state index in [9.17, 15) is 9.59 Å². The summed E-state index contributed by atoms with van der Waals surface area (Å²) in [5.41, 5.74) is 3.98. The highest BCUT2D eigenvalue weighted by molar-refractivity contribution is 5.98. The summed E-state index contributed by atoms with van der Waals surface area (Å²) in [5.74, 6) is 0.979. The van der Waals surface area contributed by atoms with Crippen molar-refractivity contribution in [2.45, 2.75) is 50.1 Å². The summed E-state index contributed by atoms with van der Waals surface area (Å²) >= 11 is 0. The Bertz CT molecular complexity index is 1290. The van der Waals surface area contributed by atoms with E-state index < -0.39 is 6.04 Å². The van der Waals surface area contributed by atoms with Gasteiger partial charge in [-0.15, -0.1) is 0 Å². The van der Waals surface area contributed by atoms with Gasteiger partial charge in [-0.25, -0.2) is 0 Å². The number of carbonyl (C=O) groups is 2. The molecule has 7 heteroatoms. The number of carbonyl (C=O) groups excluding carboxylic acids is 2. The molecule has 2 amide bonds. The van der Waals surface area contributed by atoms with Crippen LogP contribution in [0.4, 0.5) is 0 Å². The van der Waals surface area contributed by atoms with Crippen molar-refractivity contribution in [3.63, 3.8) is 0 Å². The molecule has 216 valence electrons. The molecule has 1 heterocycles. The topological polar surface area (TPSA) is 79.9 Å². The second-order valence-electron chi connectivity index (χ2n) is 11.3. The van der Waals surface area contributed by atoms with Crippen molar-refractivity contribution in [1.29, 1.82) is 0 Å². The first-order chi connectivity index (χ1) is 20.0. The molecule has 3 aromatic rings. The minimum absolute atomic E-state index is 0.0289. The SMILES string of the molecule is COc1ccc([C@@H]2CC2(C)NCCOC[C@H](NC(=O)c2ccc(-c3ccccc3)cc2)C(=O)N2CCCCC2)cc1. The van der Waals surface area contributed by atoms with Crippen LogP contribution in [0.5, 0.6) is 5.75 Å². The quantitative estimate of drug-likeness (QED) is 0.307. The Morgan fingerprint density at radius 1 is 0.927 bits per heavy atom. The van der Waals surface area contributed by atoms with E-state index in [-0.39, 0.29) is 24.0 Å². The number of hydrogen-bond acceptors (Lipinski definition) is 5. The van der Waals surface area contributed by atoms with Crippen LogP contribution in [-0.4, -0.2) is 68.3 Å². The van der Waals surface area contributed by atoms with Crippen molar-refractivity contribution in [3.05, 3.63) is 90.0 Å². The van der Waals surface area contributed by atoms with Gasteiger partial charge in [-0.2, -0.15) is 0 Å². The summed E-state index contributed by atoms with van der Waals surface area (Å²) in [6.45, 7) is 4.95. The molecule has 41 heavy (non-hydrogen) atoms. The standard InChI is InChI=1S/C34H41N3O4/c1-34(23-30(34)27-15-17-29(40-2)18-16-27)35-19-22-41-24-31(33(39)37-20-7-4-8-21-37)36-32(38)28-13-11-26(12-14-28)25-9-5-3-6-10-25/h3,5-6,9-18,30-31,35H,4,7-8,19-24H2,1-2H3,(H,36,38)/t30-,31-,34?/m0/s1. The Labute approximate surface area is 243 Å². The minimum atomic E-state index is -0.724. The van der Waals surface area contributed by atoms with Gasteiger partial charge in [0.15, 0.2) is 0 Å². The van der Waals surface area contributed by atoms with Crippen LogP contribution in [0.2, 0.25) is 0 Å². The average Bonchev–Trinajstić information content (AvgIpc) is 3.71. The summed E-state index contributed by atoms with van der Waals surface area (Å²) in [6.07, 6.45) is 4.18. The number of rotatable bonds is 12. The highest BCUT2D eigenvalue weighted by atomic mass is 16.5. The maximum absolute atomic E-state index is 13.4. The molecular formula is C34H41N3O4. The Hall–Kier alpha value is -3.68. The van der Waals surface area contributed by atoms with Crippen molar-refractivity contribution in [3.8, 4) is 16.9 Å². The zero-order valence-corrected chi connectivity index (χ0v) is 24.1. The van der Waals surface area contributed by atoms with Gasteiger partial charge in [0.25, 0.3) is 5.91 Å². The first kappa shape index (κ1) is 28.8. The van der Waals surface area contributed by atoms with Crippen LogP contribution in [0.1, 0.15) is 54.4 Å². The second kappa shape index (κ2) is 13.3. The van der Waals surface area contributed by atoms with E-state index in [2.05, 4.69) is 29.7 Å². The number of hydrogen-bond donors (Lipinski definition) is 2. The Kier molecular flexibility index (Phi) is 9.37. The van der Waals surface area contributed by atoms with E-state index in [1.165, 1.54) is 5.56 Å². The number of ether oxygens (including phenoxy) is 2. The third kappa shape index (κ3) is 7.34. The predicted octanol–water partition coefficient (Wildman–Crippen LogP) is 5.03. The molecule has 1 saturated heterocycles. The van der Waals surface area contributed by atoms with Gasteiger partial charge in [0.1, 0.15) is 11.8 Å². The predicted molar refractivity (Wildman–Crippen MR) is 161 cm³/mol. The average molecular weight is 556 g/mol. The van der Waals surface area contributed by atoms with Gasteiger partial charge in [-0.3, -0.25) is 9.59 Å². The summed E-state index contributed by atoms with van der Waals surface area (Å²) in [6, 6.07) is 25.1. The fourth-order valence-electron chi connectivity index (χ4n) is 5.69. The molecule has 1 saturated carbocycles. The molecule has 2 aliphatic rings.